The molecular weight excluding hydrogens is 466 g/mol. The van der Waals surface area contributed by atoms with Crippen molar-refractivity contribution in [2.75, 3.05) is 32.8 Å². The van der Waals surface area contributed by atoms with E-state index in [9.17, 15) is 29.9 Å². The van der Waals surface area contributed by atoms with Crippen LogP contribution in [0.3, 0.4) is 0 Å². The number of aliphatic hydroxyl groups excluding tert-OH is 1. The van der Waals surface area contributed by atoms with Crippen molar-refractivity contribution in [2.45, 2.75) is 32.7 Å². The van der Waals surface area contributed by atoms with Gasteiger partial charge in [-0.25, -0.2) is 0 Å². The van der Waals surface area contributed by atoms with E-state index in [1.807, 2.05) is 13.8 Å². The molecule has 2 aromatic rings. The highest BCUT2D eigenvalue weighted by atomic mass is 16.6. The molecule has 4 rings (SSSR count). The largest absolute Gasteiger partial charge is 0.507 e. The number of hydrogen-bond acceptors (Lipinski definition) is 8. The third-order valence-electron chi connectivity index (χ3n) is 6.79. The van der Waals surface area contributed by atoms with E-state index in [2.05, 4.69) is 4.90 Å². The van der Waals surface area contributed by atoms with E-state index in [1.54, 1.807) is 18.2 Å². The van der Waals surface area contributed by atoms with Crippen molar-refractivity contribution in [2.24, 2.45) is 0 Å². The molecular formula is C26H29N3O7. The molecule has 0 aliphatic carbocycles. The van der Waals surface area contributed by atoms with Crippen LogP contribution in [0.2, 0.25) is 0 Å². The van der Waals surface area contributed by atoms with Crippen LogP contribution < -0.4 is 4.74 Å². The SMILES string of the molecule is CCN(CC)CCN1C(=O)C(=O)/C(=C(/O)c2ccc3c(c2)CCCO3)C1c1ccc(O)c([N+](=O)[O-])c1. The lowest BCUT2D eigenvalue weighted by atomic mass is 9.93. The van der Waals surface area contributed by atoms with Crippen molar-refractivity contribution in [1.82, 2.24) is 9.80 Å². The van der Waals surface area contributed by atoms with Crippen LogP contribution in [-0.4, -0.2) is 69.4 Å². The number of nitrogens with zero attached hydrogens (tertiary/aromatic N) is 3. The Morgan fingerprint density at radius 1 is 1.19 bits per heavy atom. The number of nitro groups is 1. The van der Waals surface area contributed by atoms with Crippen LogP contribution >= 0.6 is 0 Å². The summed E-state index contributed by atoms with van der Waals surface area (Å²) < 4.78 is 5.63. The highest BCUT2D eigenvalue weighted by Gasteiger charge is 2.46. The first-order valence-electron chi connectivity index (χ1n) is 12.0. The molecule has 2 N–H and O–H groups in total. The summed E-state index contributed by atoms with van der Waals surface area (Å²) in [6.45, 7) is 6.72. The Bertz CT molecular complexity index is 1240. The highest BCUT2D eigenvalue weighted by molar-refractivity contribution is 6.46. The Hall–Kier alpha value is -3.92. The molecule has 2 aromatic carbocycles. The van der Waals surface area contributed by atoms with Crippen molar-refractivity contribution in [3.63, 3.8) is 0 Å². The number of Topliss-reactive ketones (excluding diaryl/α,β-unsaturated/α-hetero) is 1. The van der Waals surface area contributed by atoms with Crippen LogP contribution in [-0.2, 0) is 16.0 Å². The maximum Gasteiger partial charge on any atom is 0.311 e. The number of amides is 1. The average molecular weight is 496 g/mol. The molecule has 36 heavy (non-hydrogen) atoms. The summed E-state index contributed by atoms with van der Waals surface area (Å²) in [5.74, 6) is -1.82. The Morgan fingerprint density at radius 3 is 2.64 bits per heavy atom. The molecule has 0 bridgehead atoms. The van der Waals surface area contributed by atoms with Crippen LogP contribution in [0.25, 0.3) is 5.76 Å². The third kappa shape index (κ3) is 4.64. The summed E-state index contributed by atoms with van der Waals surface area (Å²) >= 11 is 0. The van der Waals surface area contributed by atoms with E-state index in [0.717, 1.165) is 43.6 Å². The van der Waals surface area contributed by atoms with E-state index < -0.39 is 34.1 Å². The van der Waals surface area contributed by atoms with E-state index in [-0.39, 0.29) is 23.4 Å². The fourth-order valence-corrected chi connectivity index (χ4v) is 4.77. The van der Waals surface area contributed by atoms with Gasteiger partial charge in [-0.2, -0.15) is 0 Å². The summed E-state index contributed by atoms with van der Waals surface area (Å²) in [6.07, 6.45) is 1.58. The fourth-order valence-electron chi connectivity index (χ4n) is 4.77. The molecule has 2 heterocycles. The molecule has 1 amide bonds. The minimum atomic E-state index is -1.05. The molecule has 190 valence electrons. The number of phenolic OH excluding ortho intramolecular Hbond substituents is 1. The van der Waals surface area contributed by atoms with Crippen molar-refractivity contribution in [1.29, 1.82) is 0 Å². The number of aliphatic hydroxyl groups is 1. The van der Waals surface area contributed by atoms with Gasteiger partial charge in [-0.05, 0) is 61.3 Å². The van der Waals surface area contributed by atoms with Crippen LogP contribution in [0.1, 0.15) is 43.0 Å². The second kappa shape index (κ2) is 10.4. The lowest BCUT2D eigenvalue weighted by molar-refractivity contribution is -0.385. The number of benzene rings is 2. The first-order chi connectivity index (χ1) is 17.3. The highest BCUT2D eigenvalue weighted by Crippen LogP contribution is 2.42. The van der Waals surface area contributed by atoms with Crippen molar-refractivity contribution < 1.29 is 29.5 Å². The summed E-state index contributed by atoms with van der Waals surface area (Å²) in [5, 5.41) is 32.7. The molecule has 2 aliphatic rings. The molecule has 1 unspecified atom stereocenters. The maximum atomic E-state index is 13.2. The number of ketones is 1. The Labute approximate surface area is 208 Å². The number of aryl methyl sites for hydroxylation is 1. The number of likely N-dealkylation sites (N-methyl/N-ethyl adjacent to an activating group) is 1. The fraction of sp³-hybridized carbons (Fsp3) is 0.385. The molecule has 0 radical (unpaired) electrons. The van der Waals surface area contributed by atoms with Crippen LogP contribution in [0, 0.1) is 10.1 Å². The molecule has 10 heteroatoms. The van der Waals surface area contributed by atoms with E-state index >= 15 is 0 Å². The number of nitro benzene ring substituents is 1. The van der Waals surface area contributed by atoms with Gasteiger partial charge in [0.25, 0.3) is 11.7 Å². The standard InChI is InChI=1S/C26H29N3O7/c1-3-27(4-2)11-12-28-23(17-7-9-20(30)19(15-17)29(34)35)22(25(32)26(28)33)24(31)18-8-10-21-16(14-18)6-5-13-36-21/h7-10,14-15,23,30-31H,3-6,11-13H2,1-2H3/b24-22+. The van der Waals surface area contributed by atoms with Gasteiger partial charge in [0, 0.05) is 24.7 Å². The van der Waals surface area contributed by atoms with Crippen molar-refractivity contribution in [3.8, 4) is 11.5 Å². The predicted octanol–water partition coefficient (Wildman–Crippen LogP) is 3.39. The van der Waals surface area contributed by atoms with Gasteiger partial charge in [0.2, 0.25) is 0 Å². The second-order valence-corrected chi connectivity index (χ2v) is 8.80. The zero-order valence-electron chi connectivity index (χ0n) is 20.3. The number of hydrogen-bond donors (Lipinski definition) is 2. The first kappa shape index (κ1) is 25.2. The Balaban J connectivity index is 1.84. The normalized spacial score (nSPS) is 18.9. The zero-order valence-corrected chi connectivity index (χ0v) is 20.3. The van der Waals surface area contributed by atoms with Crippen LogP contribution in [0.5, 0.6) is 11.5 Å². The number of ether oxygens (including phenoxy) is 1. The molecule has 0 saturated carbocycles. The van der Waals surface area contributed by atoms with E-state index in [1.165, 1.54) is 11.0 Å². The maximum absolute atomic E-state index is 13.2. The summed E-state index contributed by atoms with van der Waals surface area (Å²) in [4.78, 5) is 40.6. The minimum absolute atomic E-state index is 0.142. The summed E-state index contributed by atoms with van der Waals surface area (Å²) in [5.41, 5.74) is 0.808. The van der Waals surface area contributed by atoms with E-state index in [4.69, 9.17) is 4.74 Å². The number of aromatic hydroxyl groups is 1. The molecule has 2 aliphatic heterocycles. The molecule has 1 atom stereocenters. The second-order valence-electron chi connectivity index (χ2n) is 8.80. The first-order valence-corrected chi connectivity index (χ1v) is 12.0. The number of likely N-dealkylation sites (tertiary alicyclic amines) is 1. The smallest absolute Gasteiger partial charge is 0.311 e. The zero-order chi connectivity index (χ0) is 26.0. The van der Waals surface area contributed by atoms with Crippen LogP contribution in [0.15, 0.2) is 42.0 Å². The number of rotatable bonds is 8. The van der Waals surface area contributed by atoms with Gasteiger partial charge in [0.15, 0.2) is 5.75 Å². The third-order valence-corrected chi connectivity index (χ3v) is 6.79. The van der Waals surface area contributed by atoms with Gasteiger partial charge in [0.1, 0.15) is 11.5 Å². The van der Waals surface area contributed by atoms with Gasteiger partial charge < -0.3 is 24.7 Å². The van der Waals surface area contributed by atoms with Gasteiger partial charge >= 0.3 is 5.69 Å². The van der Waals surface area contributed by atoms with Gasteiger partial charge in [-0.15, -0.1) is 0 Å². The van der Waals surface area contributed by atoms with Crippen molar-refractivity contribution in [3.05, 3.63) is 68.8 Å². The van der Waals surface area contributed by atoms with Crippen LogP contribution in [0.4, 0.5) is 5.69 Å². The summed E-state index contributed by atoms with van der Waals surface area (Å²) in [7, 11) is 0. The molecule has 0 aromatic heterocycles. The predicted molar refractivity (Wildman–Crippen MR) is 132 cm³/mol. The molecule has 1 fully saturated rings. The number of phenols is 1. The average Bonchev–Trinajstić information content (AvgIpc) is 3.13. The molecule has 0 spiro atoms. The van der Waals surface area contributed by atoms with Gasteiger partial charge in [0.05, 0.1) is 23.1 Å². The lowest BCUT2D eigenvalue weighted by Gasteiger charge is -2.28. The van der Waals surface area contributed by atoms with E-state index in [0.29, 0.717) is 24.5 Å². The summed E-state index contributed by atoms with van der Waals surface area (Å²) in [6, 6.07) is 7.77. The van der Waals surface area contributed by atoms with Gasteiger partial charge in [-0.3, -0.25) is 19.7 Å². The Kier molecular flexibility index (Phi) is 7.25. The Morgan fingerprint density at radius 2 is 1.94 bits per heavy atom. The number of carbonyl (C=O) groups excluding carboxylic acids is 2. The minimum Gasteiger partial charge on any atom is -0.507 e. The lowest BCUT2D eigenvalue weighted by Crippen LogP contribution is -2.38. The monoisotopic (exact) mass is 495 g/mol. The quantitative estimate of drug-likeness (QED) is 0.187. The molecule has 10 nitrogen and oxygen atoms in total. The molecule has 1 saturated heterocycles. The van der Waals surface area contributed by atoms with Crippen molar-refractivity contribution >= 4 is 23.1 Å². The number of fused-ring (bicyclic) bond motifs is 1. The number of carbonyl (C=O) groups is 2. The topological polar surface area (TPSA) is 133 Å². The van der Waals surface area contributed by atoms with Gasteiger partial charge in [-0.1, -0.05) is 19.9 Å².